The largest absolute Gasteiger partial charge is 0.494 e. The molecule has 0 saturated heterocycles. The Kier molecular flexibility index (Phi) is 26.3. The van der Waals surface area contributed by atoms with Crippen molar-refractivity contribution < 1.29 is 9.47 Å². The lowest BCUT2D eigenvalue weighted by Gasteiger charge is -2.11. The lowest BCUT2D eigenvalue weighted by molar-refractivity contribution is 0.295. The lowest BCUT2D eigenvalue weighted by Crippen LogP contribution is -2.01. The van der Waals surface area contributed by atoms with Gasteiger partial charge in [0.05, 0.1) is 18.8 Å². The summed E-state index contributed by atoms with van der Waals surface area (Å²) in [5.74, 6) is 4.46. The van der Waals surface area contributed by atoms with Crippen LogP contribution in [0.3, 0.4) is 0 Å². The molecule has 2 heteroatoms. The van der Waals surface area contributed by atoms with Crippen LogP contribution in [0.15, 0.2) is 18.2 Å². The van der Waals surface area contributed by atoms with Gasteiger partial charge in [0.1, 0.15) is 11.5 Å². The Balaban J connectivity index is 1.98. The van der Waals surface area contributed by atoms with Crippen molar-refractivity contribution in [3.05, 3.63) is 23.8 Å². The van der Waals surface area contributed by atoms with E-state index in [0.29, 0.717) is 0 Å². The van der Waals surface area contributed by atoms with Crippen LogP contribution in [0.25, 0.3) is 0 Å². The standard InChI is InChI=1S/C38H66O2/c1-4-7-9-11-13-15-17-19-21-23-25-27-29-33-39-37-31-32-38(36(6-3)35-37)40-34-30-28-26-24-22-20-18-16-14-12-10-8-5-2/h3,31-32,35H,4-5,7-30,33-34H2,1-2H3. The monoisotopic (exact) mass is 555 g/mol. The number of hydrogen-bond donors (Lipinski definition) is 0. The van der Waals surface area contributed by atoms with Crippen LogP contribution in [-0.2, 0) is 0 Å². The molecule has 0 fully saturated rings. The van der Waals surface area contributed by atoms with E-state index in [0.717, 1.165) is 43.1 Å². The molecule has 0 unspecified atom stereocenters. The molecule has 0 heterocycles. The van der Waals surface area contributed by atoms with Gasteiger partial charge >= 0.3 is 0 Å². The number of ether oxygens (including phenoxy) is 2. The van der Waals surface area contributed by atoms with Crippen molar-refractivity contribution in [2.45, 2.75) is 181 Å². The Hall–Kier alpha value is -1.62. The molecule has 0 bridgehead atoms. The van der Waals surface area contributed by atoms with Gasteiger partial charge in [-0.05, 0) is 31.0 Å². The molecular formula is C38H66O2. The molecule has 0 aliphatic heterocycles. The van der Waals surface area contributed by atoms with Gasteiger partial charge in [0.25, 0.3) is 0 Å². The summed E-state index contributed by atoms with van der Waals surface area (Å²) in [6, 6.07) is 5.94. The van der Waals surface area contributed by atoms with Crippen molar-refractivity contribution in [1.29, 1.82) is 0 Å². The Morgan fingerprint density at radius 3 is 1.20 bits per heavy atom. The number of hydrogen-bond acceptors (Lipinski definition) is 2. The molecule has 40 heavy (non-hydrogen) atoms. The molecule has 0 N–H and O–H groups in total. The summed E-state index contributed by atoms with van der Waals surface area (Å²) >= 11 is 0. The van der Waals surface area contributed by atoms with Crippen LogP contribution in [-0.4, -0.2) is 13.2 Å². The van der Waals surface area contributed by atoms with Gasteiger partial charge in [0, 0.05) is 0 Å². The van der Waals surface area contributed by atoms with Gasteiger partial charge in [-0.2, -0.15) is 0 Å². The predicted octanol–water partition coefficient (Wildman–Crippen LogP) is 12.6. The van der Waals surface area contributed by atoms with Gasteiger partial charge in [-0.1, -0.05) is 174 Å². The zero-order valence-corrected chi connectivity index (χ0v) is 26.9. The number of terminal acetylenes is 1. The first kappa shape index (κ1) is 36.4. The van der Waals surface area contributed by atoms with Crippen LogP contribution in [0.2, 0.25) is 0 Å². The Morgan fingerprint density at radius 1 is 0.475 bits per heavy atom. The summed E-state index contributed by atoms with van der Waals surface area (Å²) in [5.41, 5.74) is 0.803. The van der Waals surface area contributed by atoms with E-state index in [1.807, 2.05) is 18.2 Å². The number of rotatable bonds is 30. The van der Waals surface area contributed by atoms with Crippen molar-refractivity contribution in [3.8, 4) is 23.8 Å². The summed E-state index contributed by atoms with van der Waals surface area (Å²) in [7, 11) is 0. The molecule has 0 aliphatic rings. The van der Waals surface area contributed by atoms with E-state index in [4.69, 9.17) is 15.9 Å². The number of unbranched alkanes of at least 4 members (excludes halogenated alkanes) is 24. The van der Waals surface area contributed by atoms with Crippen molar-refractivity contribution in [1.82, 2.24) is 0 Å². The SMILES string of the molecule is C#Cc1cc(OCCCCCCCCCCCCCCC)ccc1OCCCCCCCCCCCCCCC. The van der Waals surface area contributed by atoms with Gasteiger partial charge in [0.2, 0.25) is 0 Å². The van der Waals surface area contributed by atoms with Gasteiger partial charge in [-0.25, -0.2) is 0 Å². The zero-order chi connectivity index (χ0) is 28.8. The van der Waals surface area contributed by atoms with Gasteiger partial charge < -0.3 is 9.47 Å². The second-order valence-electron chi connectivity index (χ2n) is 12.0. The summed E-state index contributed by atoms with van der Waals surface area (Å²) in [6.07, 6.45) is 41.2. The second-order valence-corrected chi connectivity index (χ2v) is 12.0. The van der Waals surface area contributed by atoms with E-state index in [9.17, 15) is 0 Å². The molecule has 0 amide bonds. The highest BCUT2D eigenvalue weighted by Gasteiger charge is 2.05. The Bertz CT molecular complexity index is 704. The van der Waals surface area contributed by atoms with Crippen molar-refractivity contribution >= 4 is 0 Å². The third kappa shape index (κ3) is 22.1. The quantitative estimate of drug-likeness (QED) is 0.0695. The Morgan fingerprint density at radius 2 is 0.825 bits per heavy atom. The molecule has 1 aromatic carbocycles. The minimum atomic E-state index is 0.742. The molecule has 0 atom stereocenters. The third-order valence-electron chi connectivity index (χ3n) is 8.13. The number of benzene rings is 1. The minimum absolute atomic E-state index is 0.742. The van der Waals surface area contributed by atoms with Crippen LogP contribution >= 0.6 is 0 Å². The van der Waals surface area contributed by atoms with E-state index in [1.54, 1.807) is 0 Å². The zero-order valence-electron chi connectivity index (χ0n) is 26.9. The van der Waals surface area contributed by atoms with Crippen LogP contribution in [0.5, 0.6) is 11.5 Å². The summed E-state index contributed by atoms with van der Waals surface area (Å²) in [4.78, 5) is 0. The first-order valence-corrected chi connectivity index (χ1v) is 17.7. The van der Waals surface area contributed by atoms with E-state index in [2.05, 4.69) is 19.8 Å². The summed E-state index contributed by atoms with van der Waals surface area (Å²) < 4.78 is 12.0. The van der Waals surface area contributed by atoms with E-state index >= 15 is 0 Å². The highest BCUT2D eigenvalue weighted by atomic mass is 16.5. The molecule has 1 rings (SSSR count). The predicted molar refractivity (Wildman–Crippen MR) is 177 cm³/mol. The third-order valence-corrected chi connectivity index (χ3v) is 8.13. The van der Waals surface area contributed by atoms with E-state index in [1.165, 1.54) is 154 Å². The molecule has 0 saturated carbocycles. The molecular weight excluding hydrogens is 488 g/mol. The van der Waals surface area contributed by atoms with Crippen molar-refractivity contribution in [3.63, 3.8) is 0 Å². The summed E-state index contributed by atoms with van der Waals surface area (Å²) in [6.45, 7) is 6.08. The molecule has 1 aromatic rings. The van der Waals surface area contributed by atoms with Crippen molar-refractivity contribution in [2.75, 3.05) is 13.2 Å². The molecule has 0 spiro atoms. The highest BCUT2D eigenvalue weighted by molar-refractivity contribution is 5.49. The average Bonchev–Trinajstić information content (AvgIpc) is 2.97. The fraction of sp³-hybridized carbons (Fsp3) is 0.789. The fourth-order valence-corrected chi connectivity index (χ4v) is 5.45. The smallest absolute Gasteiger partial charge is 0.135 e. The normalized spacial score (nSPS) is 11.0. The molecule has 0 aromatic heterocycles. The van der Waals surface area contributed by atoms with E-state index < -0.39 is 0 Å². The lowest BCUT2D eigenvalue weighted by atomic mass is 10.0. The topological polar surface area (TPSA) is 18.5 Å². The molecule has 0 aliphatic carbocycles. The maximum Gasteiger partial charge on any atom is 0.135 e. The van der Waals surface area contributed by atoms with E-state index in [-0.39, 0.29) is 0 Å². The van der Waals surface area contributed by atoms with Gasteiger partial charge in [-0.3, -0.25) is 0 Å². The van der Waals surface area contributed by atoms with Crippen LogP contribution in [0.4, 0.5) is 0 Å². The maximum absolute atomic E-state index is 6.01. The van der Waals surface area contributed by atoms with Crippen molar-refractivity contribution in [2.24, 2.45) is 0 Å². The second kappa shape index (κ2) is 28.9. The molecule has 0 radical (unpaired) electrons. The fourth-order valence-electron chi connectivity index (χ4n) is 5.45. The first-order valence-electron chi connectivity index (χ1n) is 17.7. The molecule has 230 valence electrons. The van der Waals surface area contributed by atoms with Gasteiger partial charge in [-0.15, -0.1) is 6.42 Å². The first-order chi connectivity index (χ1) is 19.8. The van der Waals surface area contributed by atoms with Crippen LogP contribution in [0.1, 0.15) is 186 Å². The van der Waals surface area contributed by atoms with Gasteiger partial charge in [0.15, 0.2) is 0 Å². The average molecular weight is 555 g/mol. The Labute approximate surface area is 250 Å². The van der Waals surface area contributed by atoms with Crippen LogP contribution < -0.4 is 9.47 Å². The molecule has 2 nitrogen and oxygen atoms in total. The summed E-state index contributed by atoms with van der Waals surface area (Å²) in [5, 5.41) is 0. The minimum Gasteiger partial charge on any atom is -0.494 e. The maximum atomic E-state index is 6.01. The highest BCUT2D eigenvalue weighted by Crippen LogP contribution is 2.24. The van der Waals surface area contributed by atoms with Crippen LogP contribution in [0, 0.1) is 12.3 Å².